The Morgan fingerprint density at radius 3 is 2.66 bits per heavy atom. The molecule has 0 radical (unpaired) electrons. The summed E-state index contributed by atoms with van der Waals surface area (Å²) in [7, 11) is 0. The van der Waals surface area contributed by atoms with Crippen molar-refractivity contribution in [3.05, 3.63) is 76.0 Å². The van der Waals surface area contributed by atoms with Crippen LogP contribution in [-0.4, -0.2) is 32.6 Å². The normalized spacial score (nSPS) is 14.9. The Labute approximate surface area is 200 Å². The highest BCUT2D eigenvalue weighted by atomic mass is 32.2. The minimum Gasteiger partial charge on any atom is -0.302 e. The second kappa shape index (κ2) is 10.2. The van der Waals surface area contributed by atoms with Crippen molar-refractivity contribution < 1.29 is 9.59 Å². The zero-order chi connectivity index (χ0) is 22.5. The molecule has 1 N–H and O–H groups in total. The number of nitrogens with zero attached hydrogens (tertiary/aromatic N) is 2. The highest BCUT2D eigenvalue weighted by Crippen LogP contribution is 2.32. The molecule has 0 unspecified atom stereocenters. The quantitative estimate of drug-likeness (QED) is 0.346. The molecule has 162 valence electrons. The predicted molar refractivity (Wildman–Crippen MR) is 136 cm³/mol. The van der Waals surface area contributed by atoms with E-state index in [1.807, 2.05) is 73.0 Å². The number of benzene rings is 2. The highest BCUT2D eigenvalue weighted by Gasteiger charge is 2.31. The van der Waals surface area contributed by atoms with Crippen LogP contribution >= 0.6 is 35.3 Å². The molecule has 8 heteroatoms. The zero-order valence-corrected chi connectivity index (χ0v) is 19.9. The van der Waals surface area contributed by atoms with Crippen LogP contribution in [0.4, 0.5) is 5.13 Å². The topological polar surface area (TPSA) is 62.3 Å². The molecule has 32 heavy (non-hydrogen) atoms. The number of hydrogen-bond donors (Lipinski definition) is 1. The Hall–Kier alpha value is -2.81. The van der Waals surface area contributed by atoms with Gasteiger partial charge in [-0.2, -0.15) is 0 Å². The number of thioether (sulfide) groups is 1. The van der Waals surface area contributed by atoms with Gasteiger partial charge in [-0.15, -0.1) is 11.3 Å². The average molecular weight is 480 g/mol. The van der Waals surface area contributed by atoms with E-state index in [-0.39, 0.29) is 18.2 Å². The van der Waals surface area contributed by atoms with E-state index in [0.29, 0.717) is 27.3 Å². The van der Waals surface area contributed by atoms with Crippen molar-refractivity contribution in [2.45, 2.75) is 19.8 Å². The highest BCUT2D eigenvalue weighted by molar-refractivity contribution is 8.26. The van der Waals surface area contributed by atoms with Gasteiger partial charge in [0.05, 0.1) is 10.6 Å². The number of carbonyl (C=O) groups is 2. The largest absolute Gasteiger partial charge is 0.302 e. The molecule has 0 atom stereocenters. The molecule has 2 amide bonds. The summed E-state index contributed by atoms with van der Waals surface area (Å²) in [5.74, 6) is -0.229. The van der Waals surface area contributed by atoms with Crippen LogP contribution < -0.4 is 5.32 Å². The molecule has 0 aliphatic carbocycles. The second-order valence-corrected chi connectivity index (χ2v) is 9.83. The third-order valence-corrected chi connectivity index (χ3v) is 6.99. The third-order valence-electron chi connectivity index (χ3n) is 4.85. The number of thiocarbonyl (C=S) groups is 1. The van der Waals surface area contributed by atoms with E-state index in [1.54, 1.807) is 4.90 Å². The molecular weight excluding hydrogens is 458 g/mol. The first-order valence-corrected chi connectivity index (χ1v) is 12.2. The maximum absolute atomic E-state index is 12.7. The summed E-state index contributed by atoms with van der Waals surface area (Å²) >= 11 is 8.08. The summed E-state index contributed by atoms with van der Waals surface area (Å²) in [5, 5.41) is 5.33. The molecule has 0 bridgehead atoms. The molecule has 4 rings (SSSR count). The standard InChI is InChI=1S/C24H21N3O2S3/c1-16-9-11-17(12-10-16)14-20-22(29)27(24(30)32-20)13-5-8-21(28)26-23-25-19(15-31-23)18-6-3-2-4-7-18/h2-4,6-7,9-12,14-15H,5,8,13H2,1H3,(H,25,26,28). The van der Waals surface area contributed by atoms with E-state index in [1.165, 1.54) is 28.7 Å². The number of rotatable bonds is 7. The van der Waals surface area contributed by atoms with Gasteiger partial charge < -0.3 is 5.32 Å². The molecule has 1 fully saturated rings. The number of aromatic nitrogens is 1. The lowest BCUT2D eigenvalue weighted by Gasteiger charge is -2.13. The van der Waals surface area contributed by atoms with Crippen molar-refractivity contribution in [3.8, 4) is 11.3 Å². The summed E-state index contributed by atoms with van der Waals surface area (Å²) in [4.78, 5) is 31.7. The smallest absolute Gasteiger partial charge is 0.266 e. The van der Waals surface area contributed by atoms with Gasteiger partial charge in [0.15, 0.2) is 5.13 Å². The van der Waals surface area contributed by atoms with Crippen molar-refractivity contribution in [2.24, 2.45) is 0 Å². The Morgan fingerprint density at radius 1 is 1.16 bits per heavy atom. The van der Waals surface area contributed by atoms with Crippen LogP contribution in [0.3, 0.4) is 0 Å². The molecule has 5 nitrogen and oxygen atoms in total. The van der Waals surface area contributed by atoms with Gasteiger partial charge >= 0.3 is 0 Å². The molecule has 0 spiro atoms. The number of aryl methyl sites for hydroxylation is 1. The van der Waals surface area contributed by atoms with Crippen molar-refractivity contribution in [3.63, 3.8) is 0 Å². The Kier molecular flexibility index (Phi) is 7.14. The number of nitrogens with one attached hydrogen (secondary N) is 1. The fraction of sp³-hybridized carbons (Fsp3) is 0.167. The Morgan fingerprint density at radius 2 is 1.91 bits per heavy atom. The van der Waals surface area contributed by atoms with Gasteiger partial charge in [0.25, 0.3) is 5.91 Å². The Bertz CT molecular complexity index is 1170. The van der Waals surface area contributed by atoms with Gasteiger partial charge in [-0.1, -0.05) is 84.1 Å². The van der Waals surface area contributed by atoms with E-state index in [9.17, 15) is 9.59 Å². The lowest BCUT2D eigenvalue weighted by molar-refractivity contribution is -0.122. The molecule has 3 aromatic rings. The summed E-state index contributed by atoms with van der Waals surface area (Å²) in [6.07, 6.45) is 2.67. The fourth-order valence-corrected chi connectivity index (χ4v) is 5.20. The third kappa shape index (κ3) is 5.51. The molecule has 2 heterocycles. The van der Waals surface area contributed by atoms with E-state index < -0.39 is 0 Å². The summed E-state index contributed by atoms with van der Waals surface area (Å²) < 4.78 is 0.529. The van der Waals surface area contributed by atoms with Crippen LogP contribution in [0.25, 0.3) is 17.3 Å². The molecule has 1 aromatic heterocycles. The molecular formula is C24H21N3O2S3. The average Bonchev–Trinajstić information content (AvgIpc) is 3.36. The molecule has 1 saturated heterocycles. The van der Waals surface area contributed by atoms with Crippen LogP contribution in [0.5, 0.6) is 0 Å². The summed E-state index contributed by atoms with van der Waals surface area (Å²) in [5.41, 5.74) is 3.98. The number of anilines is 1. The lowest BCUT2D eigenvalue weighted by Crippen LogP contribution is -2.29. The summed E-state index contributed by atoms with van der Waals surface area (Å²) in [6, 6.07) is 17.8. The molecule has 0 saturated carbocycles. The van der Waals surface area contributed by atoms with Crippen molar-refractivity contribution in [2.75, 3.05) is 11.9 Å². The summed E-state index contributed by atoms with van der Waals surface area (Å²) in [6.45, 7) is 2.44. The van der Waals surface area contributed by atoms with Gasteiger partial charge in [0.2, 0.25) is 5.91 Å². The maximum atomic E-state index is 12.7. The van der Waals surface area contributed by atoms with Crippen LogP contribution in [0.2, 0.25) is 0 Å². The van der Waals surface area contributed by atoms with E-state index in [2.05, 4.69) is 10.3 Å². The van der Waals surface area contributed by atoms with Gasteiger partial charge in [0.1, 0.15) is 4.32 Å². The first-order chi connectivity index (χ1) is 15.5. The fourth-order valence-electron chi connectivity index (χ4n) is 3.16. The predicted octanol–water partition coefficient (Wildman–Crippen LogP) is 5.74. The first-order valence-electron chi connectivity index (χ1n) is 10.1. The molecule has 1 aliphatic heterocycles. The number of carbonyl (C=O) groups excluding carboxylic acids is 2. The maximum Gasteiger partial charge on any atom is 0.266 e. The van der Waals surface area contributed by atoms with Crippen molar-refractivity contribution >= 4 is 62.7 Å². The Balaban J connectivity index is 1.28. The monoisotopic (exact) mass is 479 g/mol. The van der Waals surface area contributed by atoms with Crippen molar-refractivity contribution in [1.29, 1.82) is 0 Å². The first kappa shape index (κ1) is 22.4. The van der Waals surface area contributed by atoms with E-state index >= 15 is 0 Å². The van der Waals surface area contributed by atoms with Gasteiger partial charge in [-0.05, 0) is 25.0 Å². The zero-order valence-electron chi connectivity index (χ0n) is 17.4. The number of thiazole rings is 1. The van der Waals surface area contributed by atoms with E-state index in [4.69, 9.17) is 12.2 Å². The molecule has 2 aromatic carbocycles. The van der Waals surface area contributed by atoms with Crippen LogP contribution in [0.1, 0.15) is 24.0 Å². The SMILES string of the molecule is Cc1ccc(C=C2SC(=S)N(CCCC(=O)Nc3nc(-c4ccccc4)cs3)C2=O)cc1. The van der Waals surface area contributed by atoms with Crippen LogP contribution in [0, 0.1) is 6.92 Å². The second-order valence-electron chi connectivity index (χ2n) is 7.30. The van der Waals surface area contributed by atoms with Gasteiger partial charge in [0, 0.05) is 23.9 Å². The van der Waals surface area contributed by atoms with Crippen LogP contribution in [0.15, 0.2) is 64.9 Å². The minimum atomic E-state index is -0.125. The molecule has 1 aliphatic rings. The van der Waals surface area contributed by atoms with Crippen molar-refractivity contribution in [1.82, 2.24) is 9.88 Å². The minimum absolute atomic E-state index is 0.103. The lowest BCUT2D eigenvalue weighted by atomic mass is 10.1. The van der Waals surface area contributed by atoms with Gasteiger partial charge in [-0.3, -0.25) is 14.5 Å². The van der Waals surface area contributed by atoms with E-state index in [0.717, 1.165) is 16.8 Å². The van der Waals surface area contributed by atoms with Crippen LogP contribution in [-0.2, 0) is 9.59 Å². The number of hydrogen-bond acceptors (Lipinski definition) is 6. The number of amides is 2. The van der Waals surface area contributed by atoms with Gasteiger partial charge in [-0.25, -0.2) is 4.98 Å².